The van der Waals surface area contributed by atoms with E-state index >= 15 is 0 Å². The SMILES string of the molecule is CSc1nc2c(c(=O)[nH]1)CN(Cc1cccnc1NC(=O)C(C)(C)C)CC2. The van der Waals surface area contributed by atoms with E-state index in [-0.39, 0.29) is 11.5 Å². The average Bonchev–Trinajstić information content (AvgIpc) is 2.62. The number of nitrogens with zero attached hydrogens (tertiary/aromatic N) is 3. The third-order valence-electron chi connectivity index (χ3n) is 4.52. The van der Waals surface area contributed by atoms with Gasteiger partial charge in [-0.05, 0) is 12.3 Å². The second-order valence-corrected chi connectivity index (χ2v) is 8.47. The second-order valence-electron chi connectivity index (χ2n) is 7.68. The van der Waals surface area contributed by atoms with Crippen LogP contribution in [0.5, 0.6) is 0 Å². The highest BCUT2D eigenvalue weighted by molar-refractivity contribution is 7.98. The molecule has 0 bridgehead atoms. The summed E-state index contributed by atoms with van der Waals surface area (Å²) in [5.74, 6) is 0.504. The number of hydrogen-bond donors (Lipinski definition) is 2. The van der Waals surface area contributed by atoms with Crippen LogP contribution in [0.3, 0.4) is 0 Å². The van der Waals surface area contributed by atoms with Gasteiger partial charge in [0.25, 0.3) is 5.56 Å². The number of H-pyrrole nitrogens is 1. The number of pyridine rings is 1. The lowest BCUT2D eigenvalue weighted by Crippen LogP contribution is -2.36. The van der Waals surface area contributed by atoms with Gasteiger partial charge < -0.3 is 10.3 Å². The molecule has 0 unspecified atom stereocenters. The summed E-state index contributed by atoms with van der Waals surface area (Å²) in [6, 6.07) is 3.82. The topological polar surface area (TPSA) is 91.0 Å². The Morgan fingerprint density at radius 2 is 2.19 bits per heavy atom. The second kappa shape index (κ2) is 7.82. The fourth-order valence-corrected chi connectivity index (χ4v) is 3.30. The Labute approximate surface area is 163 Å². The average molecular weight is 388 g/mol. The Balaban J connectivity index is 1.78. The molecule has 7 nitrogen and oxygen atoms in total. The molecule has 1 aliphatic heterocycles. The van der Waals surface area contributed by atoms with Gasteiger partial charge in [-0.2, -0.15) is 0 Å². The van der Waals surface area contributed by atoms with Crippen molar-refractivity contribution in [1.82, 2.24) is 19.9 Å². The molecular weight excluding hydrogens is 362 g/mol. The summed E-state index contributed by atoms with van der Waals surface area (Å²) in [4.78, 5) is 38.6. The van der Waals surface area contributed by atoms with Crippen molar-refractivity contribution >= 4 is 23.5 Å². The maximum absolute atomic E-state index is 12.4. The first-order valence-corrected chi connectivity index (χ1v) is 10.1. The lowest BCUT2D eigenvalue weighted by molar-refractivity contribution is -0.123. The van der Waals surface area contributed by atoms with Gasteiger partial charge in [0.05, 0.1) is 11.3 Å². The molecule has 3 rings (SSSR count). The van der Waals surface area contributed by atoms with Crippen LogP contribution in [0.2, 0.25) is 0 Å². The number of amides is 1. The summed E-state index contributed by atoms with van der Waals surface area (Å²) in [5, 5.41) is 3.58. The van der Waals surface area contributed by atoms with E-state index in [2.05, 4.69) is 25.2 Å². The number of hydrogen-bond acceptors (Lipinski definition) is 6. The number of carbonyl (C=O) groups excluding carboxylic acids is 1. The number of thioether (sulfide) groups is 1. The van der Waals surface area contributed by atoms with Gasteiger partial charge in [0.1, 0.15) is 5.82 Å². The van der Waals surface area contributed by atoms with Crippen molar-refractivity contribution in [1.29, 1.82) is 0 Å². The predicted molar refractivity (Wildman–Crippen MR) is 107 cm³/mol. The minimum atomic E-state index is -0.493. The zero-order valence-corrected chi connectivity index (χ0v) is 16.9. The quantitative estimate of drug-likeness (QED) is 0.618. The zero-order chi connectivity index (χ0) is 19.6. The van der Waals surface area contributed by atoms with Crippen LogP contribution >= 0.6 is 11.8 Å². The molecule has 0 saturated heterocycles. The summed E-state index contributed by atoms with van der Waals surface area (Å²) in [6.45, 7) is 7.56. The van der Waals surface area contributed by atoms with Gasteiger partial charge in [-0.25, -0.2) is 9.97 Å². The summed E-state index contributed by atoms with van der Waals surface area (Å²) in [7, 11) is 0. The molecule has 0 aromatic carbocycles. The normalized spacial score (nSPS) is 14.7. The number of rotatable bonds is 4. The van der Waals surface area contributed by atoms with Crippen LogP contribution in [-0.4, -0.2) is 38.6 Å². The van der Waals surface area contributed by atoms with Gasteiger partial charge in [0, 0.05) is 43.2 Å². The van der Waals surface area contributed by atoms with Gasteiger partial charge >= 0.3 is 0 Å². The van der Waals surface area contributed by atoms with E-state index in [4.69, 9.17) is 0 Å². The number of nitrogens with one attached hydrogen (secondary N) is 2. The Morgan fingerprint density at radius 1 is 1.41 bits per heavy atom. The first-order chi connectivity index (χ1) is 12.8. The van der Waals surface area contributed by atoms with Crippen LogP contribution in [0.1, 0.15) is 37.6 Å². The standard InChI is InChI=1S/C19H25N5O2S/c1-19(2,3)17(26)22-15-12(6-5-8-20-15)10-24-9-7-14-13(11-24)16(25)23-18(21-14)27-4/h5-6,8H,7,9-11H2,1-4H3,(H,20,22,26)(H,21,23,25). The Morgan fingerprint density at radius 3 is 2.89 bits per heavy atom. The van der Waals surface area contributed by atoms with Crippen molar-refractivity contribution in [2.75, 3.05) is 18.1 Å². The molecule has 2 aromatic rings. The van der Waals surface area contributed by atoms with Crippen LogP contribution in [0.4, 0.5) is 5.82 Å². The Bertz CT molecular complexity index is 904. The monoisotopic (exact) mass is 387 g/mol. The molecule has 2 N–H and O–H groups in total. The van der Waals surface area contributed by atoms with Crippen LogP contribution in [-0.2, 0) is 24.3 Å². The Hall–Kier alpha value is -2.19. The van der Waals surface area contributed by atoms with Crippen LogP contribution < -0.4 is 10.9 Å². The van der Waals surface area contributed by atoms with Gasteiger partial charge in [0.15, 0.2) is 5.16 Å². The molecule has 3 heterocycles. The number of aromatic amines is 1. The fraction of sp³-hybridized carbons (Fsp3) is 0.474. The maximum Gasteiger partial charge on any atom is 0.256 e. The lowest BCUT2D eigenvalue weighted by Gasteiger charge is -2.28. The number of fused-ring (bicyclic) bond motifs is 1. The molecule has 27 heavy (non-hydrogen) atoms. The molecule has 0 saturated carbocycles. The van der Waals surface area contributed by atoms with Crippen molar-refractivity contribution < 1.29 is 4.79 Å². The molecule has 0 radical (unpaired) electrons. The molecule has 144 valence electrons. The predicted octanol–water partition coefficient (Wildman–Crippen LogP) is 2.43. The van der Waals surface area contributed by atoms with Crippen LogP contribution in [0.25, 0.3) is 0 Å². The van der Waals surface area contributed by atoms with E-state index in [1.165, 1.54) is 11.8 Å². The summed E-state index contributed by atoms with van der Waals surface area (Å²) >= 11 is 1.44. The highest BCUT2D eigenvalue weighted by Crippen LogP contribution is 2.22. The largest absolute Gasteiger partial charge is 0.310 e. The molecule has 0 fully saturated rings. The van der Waals surface area contributed by atoms with Gasteiger partial charge in [-0.3, -0.25) is 14.5 Å². The lowest BCUT2D eigenvalue weighted by atomic mass is 9.95. The number of carbonyl (C=O) groups is 1. The molecule has 0 spiro atoms. The van der Waals surface area contributed by atoms with Crippen LogP contribution in [0.15, 0.2) is 28.3 Å². The molecule has 8 heteroatoms. The third kappa shape index (κ3) is 4.56. The van der Waals surface area contributed by atoms with E-state index in [1.807, 2.05) is 39.2 Å². The zero-order valence-electron chi connectivity index (χ0n) is 16.1. The number of anilines is 1. The summed E-state index contributed by atoms with van der Waals surface area (Å²) < 4.78 is 0. The minimum Gasteiger partial charge on any atom is -0.310 e. The van der Waals surface area contributed by atoms with E-state index in [9.17, 15) is 9.59 Å². The van der Waals surface area contributed by atoms with Gasteiger partial charge in [-0.1, -0.05) is 38.6 Å². The van der Waals surface area contributed by atoms with Crippen molar-refractivity contribution in [3.05, 3.63) is 45.5 Å². The molecule has 1 amide bonds. The fourth-order valence-electron chi connectivity index (χ4n) is 2.90. The highest BCUT2D eigenvalue weighted by atomic mass is 32.2. The van der Waals surface area contributed by atoms with Gasteiger partial charge in [-0.15, -0.1) is 0 Å². The van der Waals surface area contributed by atoms with Crippen molar-refractivity contribution in [3.8, 4) is 0 Å². The van der Waals surface area contributed by atoms with Crippen molar-refractivity contribution in [3.63, 3.8) is 0 Å². The summed E-state index contributed by atoms with van der Waals surface area (Å²) in [5.41, 5.74) is 1.98. The molecule has 0 atom stereocenters. The first kappa shape index (κ1) is 19.6. The van der Waals surface area contributed by atoms with Crippen LogP contribution in [0, 0.1) is 5.41 Å². The third-order valence-corrected chi connectivity index (χ3v) is 5.10. The van der Waals surface area contributed by atoms with E-state index in [1.54, 1.807) is 6.20 Å². The summed E-state index contributed by atoms with van der Waals surface area (Å²) in [6.07, 6.45) is 4.30. The minimum absolute atomic E-state index is 0.0681. The van der Waals surface area contributed by atoms with E-state index in [0.29, 0.717) is 24.1 Å². The maximum atomic E-state index is 12.4. The van der Waals surface area contributed by atoms with Crippen molar-refractivity contribution in [2.45, 2.75) is 45.4 Å². The first-order valence-electron chi connectivity index (χ1n) is 8.91. The van der Waals surface area contributed by atoms with E-state index < -0.39 is 5.41 Å². The number of aromatic nitrogens is 3. The molecule has 2 aromatic heterocycles. The molecular formula is C19H25N5O2S. The molecule has 0 aliphatic carbocycles. The highest BCUT2D eigenvalue weighted by Gasteiger charge is 2.24. The van der Waals surface area contributed by atoms with E-state index in [0.717, 1.165) is 29.8 Å². The Kier molecular flexibility index (Phi) is 5.67. The van der Waals surface area contributed by atoms with Gasteiger partial charge in [0.2, 0.25) is 5.91 Å². The molecule has 1 aliphatic rings. The smallest absolute Gasteiger partial charge is 0.256 e. The van der Waals surface area contributed by atoms with Crippen molar-refractivity contribution in [2.24, 2.45) is 5.41 Å².